The number of fused-ring (bicyclic) bond motifs is 1. The first-order chi connectivity index (χ1) is 12.5. The number of hydrogen-bond acceptors (Lipinski definition) is 4. The van der Waals surface area contributed by atoms with Crippen LogP contribution in [0.3, 0.4) is 0 Å². The van der Waals surface area contributed by atoms with Gasteiger partial charge in [0.2, 0.25) is 0 Å². The number of carbonyl (C=O) groups is 2. The van der Waals surface area contributed by atoms with E-state index in [1.54, 1.807) is 36.4 Å². The molecule has 1 heterocycles. The number of carbonyl (C=O) groups excluding carboxylic acids is 2. The van der Waals surface area contributed by atoms with Crippen molar-refractivity contribution < 1.29 is 23.5 Å². The van der Waals surface area contributed by atoms with Crippen molar-refractivity contribution in [1.82, 2.24) is 5.32 Å². The summed E-state index contributed by atoms with van der Waals surface area (Å²) in [4.78, 5) is 23.9. The molecule has 1 atom stereocenters. The van der Waals surface area contributed by atoms with Gasteiger partial charge in [-0.1, -0.05) is 29.8 Å². The van der Waals surface area contributed by atoms with E-state index in [1.165, 1.54) is 6.07 Å². The maximum Gasteiger partial charge on any atom is 0.313 e. The molecule has 0 unspecified atom stereocenters. The number of nitrogens with one attached hydrogen (secondary N) is 1. The number of rotatable bonds is 5. The average Bonchev–Trinajstić information content (AvgIpc) is 2.64. The van der Waals surface area contributed by atoms with Crippen molar-refractivity contribution in [1.29, 1.82) is 0 Å². The number of halogens is 2. The number of ether oxygens (including phenoxy) is 2. The standard InChI is InChI=1S/C19H17ClFNO4/c20-15-5-6-17-13(8-15)7-14(10-25-17)19(24)26-11-18(23)22-9-12-3-1-2-4-16(12)21/h1-6,8,14H,7,9-11H2,(H,22,23)/t14-/m0/s1. The van der Waals surface area contributed by atoms with Crippen LogP contribution in [-0.4, -0.2) is 25.1 Å². The Labute approximate surface area is 155 Å². The molecule has 2 aromatic carbocycles. The molecular formula is C19H17ClFNO4. The maximum absolute atomic E-state index is 13.5. The van der Waals surface area contributed by atoms with Gasteiger partial charge in [-0.15, -0.1) is 0 Å². The van der Waals surface area contributed by atoms with E-state index in [9.17, 15) is 14.0 Å². The Bertz CT molecular complexity index is 827. The normalized spacial score (nSPS) is 15.5. The Balaban J connectivity index is 1.47. The van der Waals surface area contributed by atoms with Gasteiger partial charge in [0, 0.05) is 17.1 Å². The van der Waals surface area contributed by atoms with E-state index in [0.29, 0.717) is 22.8 Å². The van der Waals surface area contributed by atoms with Crippen molar-refractivity contribution in [3.63, 3.8) is 0 Å². The molecule has 7 heteroatoms. The number of esters is 1. The van der Waals surface area contributed by atoms with Crippen LogP contribution in [0.25, 0.3) is 0 Å². The summed E-state index contributed by atoms with van der Waals surface area (Å²) in [5, 5.41) is 3.08. The van der Waals surface area contributed by atoms with Gasteiger partial charge in [0.05, 0.1) is 5.92 Å². The van der Waals surface area contributed by atoms with Gasteiger partial charge in [-0.25, -0.2) is 4.39 Å². The molecule has 0 aromatic heterocycles. The lowest BCUT2D eigenvalue weighted by Gasteiger charge is -2.24. The van der Waals surface area contributed by atoms with E-state index in [0.717, 1.165) is 5.56 Å². The molecule has 0 spiro atoms. The molecule has 136 valence electrons. The van der Waals surface area contributed by atoms with Gasteiger partial charge in [-0.2, -0.15) is 0 Å². The molecule has 26 heavy (non-hydrogen) atoms. The lowest BCUT2D eigenvalue weighted by Crippen LogP contribution is -2.33. The van der Waals surface area contributed by atoms with E-state index in [-0.39, 0.29) is 13.2 Å². The Kier molecular flexibility index (Phi) is 5.73. The Hall–Kier alpha value is -2.60. The zero-order chi connectivity index (χ0) is 18.5. The summed E-state index contributed by atoms with van der Waals surface area (Å²) in [6, 6.07) is 11.4. The highest BCUT2D eigenvalue weighted by molar-refractivity contribution is 6.30. The molecule has 0 saturated heterocycles. The summed E-state index contributed by atoms with van der Waals surface area (Å²) in [5.74, 6) is -1.22. The molecule has 0 fully saturated rings. The highest BCUT2D eigenvalue weighted by Crippen LogP contribution is 2.30. The number of amides is 1. The van der Waals surface area contributed by atoms with Crippen LogP contribution in [-0.2, 0) is 27.3 Å². The summed E-state index contributed by atoms with van der Waals surface area (Å²) in [6.07, 6.45) is 0.436. The molecule has 0 aliphatic carbocycles. The predicted octanol–water partition coefficient (Wildman–Crippen LogP) is 2.89. The summed E-state index contributed by atoms with van der Waals surface area (Å²) in [5.41, 5.74) is 1.19. The van der Waals surface area contributed by atoms with Crippen LogP contribution in [0.1, 0.15) is 11.1 Å². The van der Waals surface area contributed by atoms with E-state index < -0.39 is 30.2 Å². The first-order valence-electron chi connectivity index (χ1n) is 8.11. The minimum absolute atomic E-state index is 0.0292. The number of benzene rings is 2. The summed E-state index contributed by atoms with van der Waals surface area (Å²) >= 11 is 5.95. The second kappa shape index (κ2) is 8.19. The second-order valence-corrected chi connectivity index (χ2v) is 6.38. The van der Waals surface area contributed by atoms with Crippen molar-refractivity contribution in [3.8, 4) is 5.75 Å². The summed E-state index contributed by atoms with van der Waals surface area (Å²) < 4.78 is 24.1. The molecule has 0 bridgehead atoms. The first kappa shape index (κ1) is 18.2. The third kappa shape index (κ3) is 4.52. The van der Waals surface area contributed by atoms with E-state index in [1.807, 2.05) is 0 Å². The quantitative estimate of drug-likeness (QED) is 0.814. The molecule has 1 aliphatic heterocycles. The van der Waals surface area contributed by atoms with E-state index in [4.69, 9.17) is 21.1 Å². The number of hydrogen-bond donors (Lipinski definition) is 1. The fraction of sp³-hybridized carbons (Fsp3) is 0.263. The van der Waals surface area contributed by atoms with Gasteiger partial charge < -0.3 is 14.8 Å². The van der Waals surface area contributed by atoms with Crippen LogP contribution in [0.15, 0.2) is 42.5 Å². The zero-order valence-corrected chi connectivity index (χ0v) is 14.6. The van der Waals surface area contributed by atoms with Crippen LogP contribution in [0.5, 0.6) is 5.75 Å². The van der Waals surface area contributed by atoms with Crippen molar-refractivity contribution in [2.75, 3.05) is 13.2 Å². The third-order valence-corrected chi connectivity index (χ3v) is 4.28. The van der Waals surface area contributed by atoms with Crippen molar-refractivity contribution in [3.05, 3.63) is 64.4 Å². The van der Waals surface area contributed by atoms with Crippen molar-refractivity contribution in [2.45, 2.75) is 13.0 Å². The second-order valence-electron chi connectivity index (χ2n) is 5.94. The minimum atomic E-state index is -0.517. The molecule has 1 aliphatic rings. The Morgan fingerprint density at radius 3 is 2.88 bits per heavy atom. The Morgan fingerprint density at radius 2 is 2.08 bits per heavy atom. The first-order valence-corrected chi connectivity index (χ1v) is 8.48. The highest BCUT2D eigenvalue weighted by atomic mass is 35.5. The monoisotopic (exact) mass is 377 g/mol. The molecule has 1 N–H and O–H groups in total. The molecule has 0 radical (unpaired) electrons. The molecule has 2 aromatic rings. The summed E-state index contributed by atoms with van der Waals surface area (Å²) in [6.45, 7) is -0.210. The Morgan fingerprint density at radius 1 is 1.27 bits per heavy atom. The fourth-order valence-corrected chi connectivity index (χ4v) is 2.85. The molecule has 5 nitrogen and oxygen atoms in total. The van der Waals surface area contributed by atoms with Crippen LogP contribution in [0.4, 0.5) is 4.39 Å². The topological polar surface area (TPSA) is 64.6 Å². The van der Waals surface area contributed by atoms with Gasteiger partial charge in [-0.3, -0.25) is 9.59 Å². The lowest BCUT2D eigenvalue weighted by molar-refractivity contribution is -0.153. The molecule has 1 amide bonds. The minimum Gasteiger partial charge on any atom is -0.492 e. The molecule has 3 rings (SSSR count). The van der Waals surface area contributed by atoms with E-state index >= 15 is 0 Å². The smallest absolute Gasteiger partial charge is 0.313 e. The predicted molar refractivity (Wildman–Crippen MR) is 93.3 cm³/mol. The highest BCUT2D eigenvalue weighted by Gasteiger charge is 2.27. The summed E-state index contributed by atoms with van der Waals surface area (Å²) in [7, 11) is 0. The van der Waals surface area contributed by atoms with Crippen LogP contribution in [0, 0.1) is 11.7 Å². The van der Waals surface area contributed by atoms with Gasteiger partial charge in [0.25, 0.3) is 5.91 Å². The van der Waals surface area contributed by atoms with E-state index in [2.05, 4.69) is 5.32 Å². The van der Waals surface area contributed by atoms with Crippen molar-refractivity contribution >= 4 is 23.5 Å². The SMILES string of the molecule is O=C(COC(=O)[C@@H]1COc2ccc(Cl)cc2C1)NCc1ccccc1F. The maximum atomic E-state index is 13.5. The molecular weight excluding hydrogens is 361 g/mol. The van der Waals surface area contributed by atoms with Gasteiger partial charge in [-0.05, 0) is 36.2 Å². The van der Waals surface area contributed by atoms with Gasteiger partial charge in [0.1, 0.15) is 18.2 Å². The van der Waals surface area contributed by atoms with Crippen LogP contribution in [0.2, 0.25) is 5.02 Å². The largest absolute Gasteiger partial charge is 0.492 e. The fourth-order valence-electron chi connectivity index (χ4n) is 2.66. The van der Waals surface area contributed by atoms with Crippen molar-refractivity contribution in [2.24, 2.45) is 5.92 Å². The lowest BCUT2D eigenvalue weighted by atomic mass is 9.97. The van der Waals surface area contributed by atoms with Gasteiger partial charge in [0.15, 0.2) is 6.61 Å². The van der Waals surface area contributed by atoms with Crippen LogP contribution >= 0.6 is 11.6 Å². The van der Waals surface area contributed by atoms with Crippen LogP contribution < -0.4 is 10.1 Å². The molecule has 0 saturated carbocycles. The van der Waals surface area contributed by atoms with Gasteiger partial charge >= 0.3 is 5.97 Å². The third-order valence-electron chi connectivity index (χ3n) is 4.04. The average molecular weight is 378 g/mol. The zero-order valence-electron chi connectivity index (χ0n) is 13.8.